The van der Waals surface area contributed by atoms with Gasteiger partial charge in [-0.2, -0.15) is 0 Å². The number of nitrogens with zero attached hydrogens (tertiary/aromatic N) is 1. The SMILES string of the molecule is NCCCCNC(=O)C(c1ccccc1)N1CCCCC1=O. The van der Waals surface area contributed by atoms with E-state index in [1.165, 1.54) is 0 Å². The van der Waals surface area contributed by atoms with Crippen molar-refractivity contribution in [1.29, 1.82) is 0 Å². The summed E-state index contributed by atoms with van der Waals surface area (Å²) in [6.07, 6.45) is 4.14. The van der Waals surface area contributed by atoms with E-state index in [0.29, 0.717) is 26.1 Å². The molecule has 3 N–H and O–H groups in total. The van der Waals surface area contributed by atoms with Gasteiger partial charge in [0.2, 0.25) is 11.8 Å². The van der Waals surface area contributed by atoms with E-state index in [1.54, 1.807) is 4.90 Å². The highest BCUT2D eigenvalue weighted by molar-refractivity contribution is 5.89. The van der Waals surface area contributed by atoms with Gasteiger partial charge in [0.05, 0.1) is 0 Å². The number of rotatable bonds is 7. The zero-order chi connectivity index (χ0) is 15.8. The molecule has 22 heavy (non-hydrogen) atoms. The molecule has 1 unspecified atom stereocenters. The monoisotopic (exact) mass is 303 g/mol. The first-order chi connectivity index (χ1) is 10.7. The van der Waals surface area contributed by atoms with E-state index in [1.807, 2.05) is 30.3 Å². The van der Waals surface area contributed by atoms with Crippen molar-refractivity contribution >= 4 is 11.8 Å². The quantitative estimate of drug-likeness (QED) is 0.751. The van der Waals surface area contributed by atoms with Crippen LogP contribution in [-0.2, 0) is 9.59 Å². The van der Waals surface area contributed by atoms with Crippen LogP contribution in [0.3, 0.4) is 0 Å². The smallest absolute Gasteiger partial charge is 0.247 e. The van der Waals surface area contributed by atoms with Crippen LogP contribution >= 0.6 is 0 Å². The lowest BCUT2D eigenvalue weighted by Crippen LogP contribution is -2.45. The number of nitrogens with one attached hydrogen (secondary N) is 1. The highest BCUT2D eigenvalue weighted by Gasteiger charge is 2.32. The maximum Gasteiger partial charge on any atom is 0.247 e. The lowest BCUT2D eigenvalue weighted by Gasteiger charge is -2.34. The van der Waals surface area contributed by atoms with Crippen LogP contribution in [0.25, 0.3) is 0 Å². The van der Waals surface area contributed by atoms with Crippen LogP contribution in [0.4, 0.5) is 0 Å². The van der Waals surface area contributed by atoms with Gasteiger partial charge in [-0.1, -0.05) is 30.3 Å². The number of carbonyl (C=O) groups excluding carboxylic acids is 2. The largest absolute Gasteiger partial charge is 0.354 e. The summed E-state index contributed by atoms with van der Waals surface area (Å²) in [5.41, 5.74) is 6.34. The van der Waals surface area contributed by atoms with Gasteiger partial charge < -0.3 is 16.0 Å². The van der Waals surface area contributed by atoms with Gasteiger partial charge in [0.15, 0.2) is 0 Å². The topological polar surface area (TPSA) is 75.4 Å². The van der Waals surface area contributed by atoms with Crippen molar-refractivity contribution in [3.05, 3.63) is 35.9 Å². The molecule has 1 aliphatic heterocycles. The molecule has 2 amide bonds. The standard InChI is InChI=1S/C17H25N3O2/c18-11-5-6-12-19-17(22)16(14-8-2-1-3-9-14)20-13-7-4-10-15(20)21/h1-3,8-9,16H,4-7,10-13,18H2,(H,19,22). The van der Waals surface area contributed by atoms with Crippen molar-refractivity contribution < 1.29 is 9.59 Å². The Labute approximate surface area is 131 Å². The molecule has 1 aromatic rings. The molecule has 1 atom stereocenters. The minimum atomic E-state index is -0.521. The molecule has 5 heteroatoms. The Morgan fingerprint density at radius 2 is 2.00 bits per heavy atom. The molecule has 0 aromatic heterocycles. The number of hydrogen-bond donors (Lipinski definition) is 2. The van der Waals surface area contributed by atoms with E-state index < -0.39 is 6.04 Å². The molecular formula is C17H25N3O2. The predicted molar refractivity (Wildman–Crippen MR) is 86.0 cm³/mol. The third-order valence-corrected chi connectivity index (χ3v) is 3.97. The van der Waals surface area contributed by atoms with Crippen LogP contribution in [0.1, 0.15) is 43.7 Å². The zero-order valence-corrected chi connectivity index (χ0v) is 13.0. The second-order valence-corrected chi connectivity index (χ2v) is 5.64. The lowest BCUT2D eigenvalue weighted by atomic mass is 10.0. The van der Waals surface area contributed by atoms with E-state index >= 15 is 0 Å². The number of piperidine rings is 1. The maximum atomic E-state index is 12.6. The first-order valence-corrected chi connectivity index (χ1v) is 8.06. The summed E-state index contributed by atoms with van der Waals surface area (Å²) >= 11 is 0. The number of carbonyl (C=O) groups is 2. The minimum absolute atomic E-state index is 0.0669. The summed E-state index contributed by atoms with van der Waals surface area (Å²) in [7, 11) is 0. The summed E-state index contributed by atoms with van der Waals surface area (Å²) in [4.78, 5) is 26.6. The molecule has 1 aliphatic rings. The second-order valence-electron chi connectivity index (χ2n) is 5.64. The van der Waals surface area contributed by atoms with Crippen molar-refractivity contribution in [1.82, 2.24) is 10.2 Å². The van der Waals surface area contributed by atoms with Gasteiger partial charge in [-0.05, 0) is 37.8 Å². The first kappa shape index (κ1) is 16.5. The molecule has 2 rings (SSSR count). The fourth-order valence-electron chi connectivity index (χ4n) is 2.79. The van der Waals surface area contributed by atoms with Crippen molar-refractivity contribution in [3.63, 3.8) is 0 Å². The van der Waals surface area contributed by atoms with Crippen LogP contribution in [0.5, 0.6) is 0 Å². The average molecular weight is 303 g/mol. The normalized spacial score (nSPS) is 16.4. The fourth-order valence-corrected chi connectivity index (χ4v) is 2.79. The Morgan fingerprint density at radius 3 is 2.68 bits per heavy atom. The van der Waals surface area contributed by atoms with Crippen molar-refractivity contribution in [2.24, 2.45) is 5.73 Å². The lowest BCUT2D eigenvalue weighted by molar-refractivity contribution is -0.142. The van der Waals surface area contributed by atoms with Gasteiger partial charge in [-0.15, -0.1) is 0 Å². The molecule has 120 valence electrons. The van der Waals surface area contributed by atoms with Crippen molar-refractivity contribution in [3.8, 4) is 0 Å². The van der Waals surface area contributed by atoms with Crippen molar-refractivity contribution in [2.75, 3.05) is 19.6 Å². The molecule has 1 fully saturated rings. The molecule has 0 aliphatic carbocycles. The zero-order valence-electron chi connectivity index (χ0n) is 13.0. The molecule has 1 saturated heterocycles. The van der Waals surface area contributed by atoms with Crippen molar-refractivity contribution in [2.45, 2.75) is 38.1 Å². The molecule has 5 nitrogen and oxygen atoms in total. The van der Waals surface area contributed by atoms with Gasteiger partial charge >= 0.3 is 0 Å². The van der Waals surface area contributed by atoms with E-state index in [0.717, 1.165) is 31.2 Å². The van der Waals surface area contributed by atoms with E-state index in [9.17, 15) is 9.59 Å². The average Bonchev–Trinajstić information content (AvgIpc) is 2.55. The molecule has 0 saturated carbocycles. The van der Waals surface area contributed by atoms with Crippen LogP contribution in [0.15, 0.2) is 30.3 Å². The molecule has 1 aromatic carbocycles. The second kappa shape index (κ2) is 8.54. The van der Waals surface area contributed by atoms with E-state index in [-0.39, 0.29) is 11.8 Å². The summed E-state index contributed by atoms with van der Waals surface area (Å²) < 4.78 is 0. The summed E-state index contributed by atoms with van der Waals surface area (Å²) in [5.74, 6) is -0.0318. The Bertz CT molecular complexity index is 490. The highest BCUT2D eigenvalue weighted by atomic mass is 16.2. The molecule has 0 radical (unpaired) electrons. The molecular weight excluding hydrogens is 278 g/mol. The Morgan fingerprint density at radius 1 is 1.23 bits per heavy atom. The number of hydrogen-bond acceptors (Lipinski definition) is 3. The summed E-state index contributed by atoms with van der Waals surface area (Å²) in [6, 6.07) is 9.01. The summed E-state index contributed by atoms with van der Waals surface area (Å²) in [6.45, 7) is 1.87. The van der Waals surface area contributed by atoms with E-state index in [2.05, 4.69) is 5.32 Å². The van der Waals surface area contributed by atoms with Gasteiger partial charge in [0, 0.05) is 19.5 Å². The Balaban J connectivity index is 2.11. The number of amides is 2. The Hall–Kier alpha value is -1.88. The van der Waals surface area contributed by atoms with Crippen LogP contribution in [0, 0.1) is 0 Å². The van der Waals surface area contributed by atoms with E-state index in [4.69, 9.17) is 5.73 Å². The highest BCUT2D eigenvalue weighted by Crippen LogP contribution is 2.25. The predicted octanol–water partition coefficient (Wildman–Crippen LogP) is 1.60. The third kappa shape index (κ3) is 4.31. The number of likely N-dealkylation sites (tertiary alicyclic amines) is 1. The van der Waals surface area contributed by atoms with Crippen LogP contribution in [-0.4, -0.2) is 36.3 Å². The molecule has 1 heterocycles. The fraction of sp³-hybridized carbons (Fsp3) is 0.529. The number of unbranched alkanes of at least 4 members (excludes halogenated alkanes) is 1. The van der Waals surface area contributed by atoms with Gasteiger partial charge in [-0.25, -0.2) is 0 Å². The van der Waals surface area contributed by atoms with Crippen LogP contribution < -0.4 is 11.1 Å². The van der Waals surface area contributed by atoms with Crippen LogP contribution in [0.2, 0.25) is 0 Å². The van der Waals surface area contributed by atoms with Gasteiger partial charge in [0.25, 0.3) is 0 Å². The maximum absolute atomic E-state index is 12.6. The molecule has 0 spiro atoms. The van der Waals surface area contributed by atoms with Gasteiger partial charge in [0.1, 0.15) is 6.04 Å². The summed E-state index contributed by atoms with van der Waals surface area (Å²) in [5, 5.41) is 2.95. The third-order valence-electron chi connectivity index (χ3n) is 3.97. The van der Waals surface area contributed by atoms with Gasteiger partial charge in [-0.3, -0.25) is 9.59 Å². The Kier molecular flexibility index (Phi) is 6.40. The molecule has 0 bridgehead atoms. The first-order valence-electron chi connectivity index (χ1n) is 8.06. The minimum Gasteiger partial charge on any atom is -0.354 e. The number of benzene rings is 1. The number of nitrogens with two attached hydrogens (primary N) is 1.